The van der Waals surface area contributed by atoms with Gasteiger partial charge in [0, 0.05) is 4.47 Å². The van der Waals surface area contributed by atoms with Gasteiger partial charge in [0.25, 0.3) is 0 Å². The topological polar surface area (TPSA) is 47.8 Å². The molecule has 0 saturated heterocycles. The first-order valence-corrected chi connectivity index (χ1v) is 4.53. The fourth-order valence-corrected chi connectivity index (χ4v) is 1.75. The molecule has 0 saturated carbocycles. The highest BCUT2D eigenvalue weighted by molar-refractivity contribution is 9.10. The van der Waals surface area contributed by atoms with Crippen LogP contribution in [0.2, 0.25) is 0 Å². The van der Waals surface area contributed by atoms with Crippen LogP contribution in [-0.4, -0.2) is 21.3 Å². The van der Waals surface area contributed by atoms with E-state index in [0.29, 0.717) is 0 Å². The SMILES string of the molecule is O=CCn1nnc2cccc(Br)c21. The lowest BCUT2D eigenvalue weighted by atomic mass is 10.3. The van der Waals surface area contributed by atoms with Crippen LogP contribution in [0.4, 0.5) is 0 Å². The van der Waals surface area contributed by atoms with Gasteiger partial charge in [0.15, 0.2) is 0 Å². The van der Waals surface area contributed by atoms with E-state index in [-0.39, 0.29) is 6.54 Å². The molecule has 0 aliphatic carbocycles. The van der Waals surface area contributed by atoms with Crippen molar-refractivity contribution >= 4 is 33.2 Å². The number of para-hydroxylation sites is 1. The fourth-order valence-electron chi connectivity index (χ4n) is 1.19. The number of hydrogen-bond donors (Lipinski definition) is 0. The first-order chi connectivity index (χ1) is 6.33. The second-order valence-electron chi connectivity index (χ2n) is 2.55. The highest BCUT2D eigenvalue weighted by atomic mass is 79.9. The largest absolute Gasteiger partial charge is 0.301 e. The number of rotatable bonds is 2. The van der Waals surface area contributed by atoms with E-state index < -0.39 is 0 Å². The quantitative estimate of drug-likeness (QED) is 0.745. The smallest absolute Gasteiger partial charge is 0.141 e. The van der Waals surface area contributed by atoms with E-state index in [1.165, 1.54) is 0 Å². The number of fused-ring (bicyclic) bond motifs is 1. The first-order valence-electron chi connectivity index (χ1n) is 3.74. The van der Waals surface area contributed by atoms with Crippen molar-refractivity contribution in [1.82, 2.24) is 15.0 Å². The van der Waals surface area contributed by atoms with Gasteiger partial charge in [-0.25, -0.2) is 4.68 Å². The molecule has 0 unspecified atom stereocenters. The maximum Gasteiger partial charge on any atom is 0.141 e. The average Bonchev–Trinajstić information content (AvgIpc) is 2.51. The second kappa shape index (κ2) is 3.26. The van der Waals surface area contributed by atoms with Crippen molar-refractivity contribution in [3.8, 4) is 0 Å². The molecule has 66 valence electrons. The Balaban J connectivity index is 2.70. The number of aldehydes is 1. The molecule has 4 nitrogen and oxygen atoms in total. The summed E-state index contributed by atoms with van der Waals surface area (Å²) in [6.45, 7) is 0.235. The van der Waals surface area contributed by atoms with Gasteiger partial charge < -0.3 is 4.79 Å². The van der Waals surface area contributed by atoms with Crippen LogP contribution in [-0.2, 0) is 11.3 Å². The average molecular weight is 240 g/mol. The Labute approximate surface area is 82.7 Å². The monoisotopic (exact) mass is 239 g/mol. The van der Waals surface area contributed by atoms with Crippen LogP contribution in [0.25, 0.3) is 11.0 Å². The van der Waals surface area contributed by atoms with E-state index in [2.05, 4.69) is 26.2 Å². The van der Waals surface area contributed by atoms with Gasteiger partial charge >= 0.3 is 0 Å². The molecule has 0 spiro atoms. The summed E-state index contributed by atoms with van der Waals surface area (Å²) in [4.78, 5) is 10.3. The molecule has 1 aromatic heterocycles. The van der Waals surface area contributed by atoms with Crippen LogP contribution < -0.4 is 0 Å². The minimum Gasteiger partial charge on any atom is -0.301 e. The van der Waals surface area contributed by atoms with Gasteiger partial charge in [0.2, 0.25) is 0 Å². The van der Waals surface area contributed by atoms with Crippen LogP contribution in [0.1, 0.15) is 0 Å². The number of carbonyl (C=O) groups excluding carboxylic acids is 1. The van der Waals surface area contributed by atoms with Crippen molar-refractivity contribution in [2.75, 3.05) is 0 Å². The summed E-state index contributed by atoms with van der Waals surface area (Å²) in [5.74, 6) is 0. The third-order valence-corrected chi connectivity index (χ3v) is 2.37. The van der Waals surface area contributed by atoms with E-state index in [1.54, 1.807) is 4.68 Å². The number of nitrogens with zero attached hydrogens (tertiary/aromatic N) is 3. The summed E-state index contributed by atoms with van der Waals surface area (Å²) >= 11 is 3.38. The number of halogens is 1. The van der Waals surface area contributed by atoms with Gasteiger partial charge in [0.05, 0.1) is 6.54 Å². The predicted octanol–water partition coefficient (Wildman–Crippen LogP) is 1.39. The number of aromatic nitrogens is 3. The van der Waals surface area contributed by atoms with Gasteiger partial charge in [-0.15, -0.1) is 5.10 Å². The molecule has 0 N–H and O–H groups in total. The minimum atomic E-state index is 0.235. The summed E-state index contributed by atoms with van der Waals surface area (Å²) in [7, 11) is 0. The molecule has 0 atom stereocenters. The van der Waals surface area contributed by atoms with E-state index >= 15 is 0 Å². The maximum absolute atomic E-state index is 10.3. The van der Waals surface area contributed by atoms with Crippen LogP contribution >= 0.6 is 15.9 Å². The Morgan fingerprint density at radius 3 is 3.15 bits per heavy atom. The predicted molar refractivity (Wildman–Crippen MR) is 51.3 cm³/mol. The van der Waals surface area contributed by atoms with E-state index in [0.717, 1.165) is 21.8 Å². The molecular weight excluding hydrogens is 234 g/mol. The molecule has 2 rings (SSSR count). The molecule has 0 bridgehead atoms. The molecule has 0 aliphatic rings. The van der Waals surface area contributed by atoms with Crippen molar-refractivity contribution in [2.24, 2.45) is 0 Å². The van der Waals surface area contributed by atoms with Crippen molar-refractivity contribution in [2.45, 2.75) is 6.54 Å². The molecule has 13 heavy (non-hydrogen) atoms. The molecule has 0 amide bonds. The molecule has 5 heteroatoms. The molecular formula is C8H6BrN3O. The zero-order valence-corrected chi connectivity index (χ0v) is 8.23. The Morgan fingerprint density at radius 2 is 2.38 bits per heavy atom. The summed E-state index contributed by atoms with van der Waals surface area (Å²) in [5, 5.41) is 7.77. The van der Waals surface area contributed by atoms with Crippen molar-refractivity contribution in [3.63, 3.8) is 0 Å². The van der Waals surface area contributed by atoms with Crippen molar-refractivity contribution in [3.05, 3.63) is 22.7 Å². The third kappa shape index (κ3) is 1.35. The Morgan fingerprint density at radius 1 is 1.54 bits per heavy atom. The summed E-state index contributed by atoms with van der Waals surface area (Å²) in [6.07, 6.45) is 0.799. The standard InChI is InChI=1S/C8H6BrN3O/c9-6-2-1-3-7-8(6)12(4-5-13)11-10-7/h1-3,5H,4H2. The van der Waals surface area contributed by atoms with E-state index in [1.807, 2.05) is 18.2 Å². The third-order valence-electron chi connectivity index (χ3n) is 1.73. The number of benzene rings is 1. The molecule has 0 radical (unpaired) electrons. The van der Waals surface area contributed by atoms with E-state index in [9.17, 15) is 4.79 Å². The van der Waals surface area contributed by atoms with Crippen LogP contribution in [0.5, 0.6) is 0 Å². The van der Waals surface area contributed by atoms with Crippen LogP contribution in [0.15, 0.2) is 22.7 Å². The Bertz CT molecular complexity index is 452. The highest BCUT2D eigenvalue weighted by Crippen LogP contribution is 2.21. The van der Waals surface area contributed by atoms with Crippen molar-refractivity contribution in [1.29, 1.82) is 0 Å². The normalized spacial score (nSPS) is 10.5. The lowest BCUT2D eigenvalue weighted by Gasteiger charge is -1.96. The Kier molecular flexibility index (Phi) is 2.10. The summed E-state index contributed by atoms with van der Waals surface area (Å²) in [6, 6.07) is 5.63. The molecule has 2 aromatic rings. The summed E-state index contributed by atoms with van der Waals surface area (Å²) in [5.41, 5.74) is 1.64. The zero-order chi connectivity index (χ0) is 9.26. The molecule has 1 aromatic carbocycles. The molecule has 0 aliphatic heterocycles. The minimum absolute atomic E-state index is 0.235. The van der Waals surface area contributed by atoms with Crippen LogP contribution in [0, 0.1) is 0 Å². The molecule has 0 fully saturated rings. The van der Waals surface area contributed by atoms with Crippen LogP contribution in [0.3, 0.4) is 0 Å². The van der Waals surface area contributed by atoms with Gasteiger partial charge in [0.1, 0.15) is 17.3 Å². The van der Waals surface area contributed by atoms with Gasteiger partial charge in [-0.2, -0.15) is 0 Å². The number of hydrogen-bond acceptors (Lipinski definition) is 3. The maximum atomic E-state index is 10.3. The highest BCUT2D eigenvalue weighted by Gasteiger charge is 2.06. The van der Waals surface area contributed by atoms with Gasteiger partial charge in [-0.05, 0) is 28.1 Å². The lowest BCUT2D eigenvalue weighted by Crippen LogP contribution is -2.00. The fraction of sp³-hybridized carbons (Fsp3) is 0.125. The Hall–Kier alpha value is -1.23. The molecule has 1 heterocycles. The number of carbonyl (C=O) groups is 1. The zero-order valence-electron chi connectivity index (χ0n) is 6.64. The van der Waals surface area contributed by atoms with Gasteiger partial charge in [-0.1, -0.05) is 11.3 Å². The lowest BCUT2D eigenvalue weighted by molar-refractivity contribution is -0.108. The van der Waals surface area contributed by atoms with E-state index in [4.69, 9.17) is 0 Å². The van der Waals surface area contributed by atoms with Gasteiger partial charge in [-0.3, -0.25) is 0 Å². The summed E-state index contributed by atoms with van der Waals surface area (Å²) < 4.78 is 2.46. The second-order valence-corrected chi connectivity index (χ2v) is 3.40. The van der Waals surface area contributed by atoms with Crippen molar-refractivity contribution < 1.29 is 4.79 Å². The first kappa shape index (κ1) is 8.37.